The third kappa shape index (κ3) is 2.20. The van der Waals surface area contributed by atoms with Gasteiger partial charge < -0.3 is 10.6 Å². The largest absolute Gasteiger partial charge is 0.337 e. The third-order valence-electron chi connectivity index (χ3n) is 3.40. The lowest BCUT2D eigenvalue weighted by atomic mass is 9.93. The first kappa shape index (κ1) is 12.1. The van der Waals surface area contributed by atoms with Gasteiger partial charge in [0.2, 0.25) is 5.91 Å². The molecule has 1 aromatic heterocycles. The van der Waals surface area contributed by atoms with Crippen LogP contribution in [0.5, 0.6) is 0 Å². The second-order valence-corrected chi connectivity index (χ2v) is 5.00. The Labute approximate surface area is 102 Å². The van der Waals surface area contributed by atoms with Crippen LogP contribution in [0, 0.1) is 0 Å². The maximum absolute atomic E-state index is 11.7. The minimum Gasteiger partial charge on any atom is -0.337 e. The highest BCUT2D eigenvalue weighted by Gasteiger charge is 2.33. The molecule has 17 heavy (non-hydrogen) atoms. The van der Waals surface area contributed by atoms with Crippen molar-refractivity contribution in [1.82, 2.24) is 14.7 Å². The lowest BCUT2D eigenvalue weighted by Gasteiger charge is -2.36. The van der Waals surface area contributed by atoms with E-state index in [9.17, 15) is 4.79 Å². The number of rotatable bonds is 2. The van der Waals surface area contributed by atoms with Crippen LogP contribution in [0.4, 0.5) is 0 Å². The number of likely N-dealkylation sites (tertiary alicyclic amines) is 1. The minimum absolute atomic E-state index is 0.00233. The number of aromatic nitrogens is 2. The monoisotopic (exact) mass is 236 g/mol. The number of carbonyl (C=O) groups is 1. The van der Waals surface area contributed by atoms with Gasteiger partial charge in [0.1, 0.15) is 0 Å². The average Bonchev–Trinajstić information content (AvgIpc) is 2.73. The molecule has 0 saturated carbocycles. The molecule has 1 fully saturated rings. The molecular formula is C12H20N4O. The smallest absolute Gasteiger partial charge is 0.222 e. The van der Waals surface area contributed by atoms with Gasteiger partial charge in [-0.25, -0.2) is 0 Å². The topological polar surface area (TPSA) is 64.2 Å². The van der Waals surface area contributed by atoms with E-state index in [4.69, 9.17) is 5.73 Å². The molecule has 0 aliphatic carbocycles. The predicted octanol–water partition coefficient (Wildman–Crippen LogP) is 1.08. The van der Waals surface area contributed by atoms with E-state index in [1.165, 1.54) is 0 Å². The molecule has 1 aliphatic heterocycles. The molecule has 0 aromatic carbocycles. The lowest BCUT2D eigenvalue weighted by molar-refractivity contribution is -0.135. The molecule has 2 heterocycles. The zero-order valence-corrected chi connectivity index (χ0v) is 10.6. The van der Waals surface area contributed by atoms with Gasteiger partial charge in [-0.3, -0.25) is 9.48 Å². The number of nitrogens with zero attached hydrogens (tertiary/aromatic N) is 3. The molecule has 2 N–H and O–H groups in total. The van der Waals surface area contributed by atoms with Gasteiger partial charge in [0.15, 0.2) is 0 Å². The summed E-state index contributed by atoms with van der Waals surface area (Å²) in [4.78, 5) is 13.5. The van der Waals surface area contributed by atoms with Crippen LogP contribution in [0.15, 0.2) is 12.4 Å². The molecule has 2 atom stereocenters. The Balaban J connectivity index is 2.26. The summed E-state index contributed by atoms with van der Waals surface area (Å²) in [7, 11) is 1.82. The number of amides is 1. The lowest BCUT2D eigenvalue weighted by Crippen LogP contribution is -2.46. The maximum atomic E-state index is 11.7. The quantitative estimate of drug-likeness (QED) is 0.835. The zero-order valence-electron chi connectivity index (χ0n) is 10.6. The van der Waals surface area contributed by atoms with Gasteiger partial charge in [0, 0.05) is 37.3 Å². The average molecular weight is 236 g/mol. The molecule has 1 amide bonds. The summed E-state index contributed by atoms with van der Waals surface area (Å²) in [5, 5.41) is 4.31. The van der Waals surface area contributed by atoms with Gasteiger partial charge in [-0.1, -0.05) is 0 Å². The molecule has 94 valence electrons. The van der Waals surface area contributed by atoms with Crippen LogP contribution in [0.25, 0.3) is 0 Å². The number of hydrogen-bond acceptors (Lipinski definition) is 3. The highest BCUT2D eigenvalue weighted by molar-refractivity contribution is 5.77. The molecule has 1 aliphatic rings. The van der Waals surface area contributed by atoms with Gasteiger partial charge in [-0.15, -0.1) is 0 Å². The molecule has 0 bridgehead atoms. The first-order chi connectivity index (χ1) is 8.00. The maximum Gasteiger partial charge on any atom is 0.222 e. The Kier molecular flexibility index (Phi) is 3.19. The predicted molar refractivity (Wildman–Crippen MR) is 65.3 cm³/mol. The Hall–Kier alpha value is -1.36. The highest BCUT2D eigenvalue weighted by Crippen LogP contribution is 2.29. The van der Waals surface area contributed by atoms with Gasteiger partial charge >= 0.3 is 0 Å². The van der Waals surface area contributed by atoms with E-state index in [2.05, 4.69) is 18.9 Å². The van der Waals surface area contributed by atoms with E-state index in [-0.39, 0.29) is 18.0 Å². The number of likely N-dealkylation sites (N-methyl/N-ethyl adjacent to an activating group) is 1. The van der Waals surface area contributed by atoms with Crippen LogP contribution in [0.2, 0.25) is 0 Å². The fraction of sp³-hybridized carbons (Fsp3) is 0.667. The van der Waals surface area contributed by atoms with Gasteiger partial charge in [-0.2, -0.15) is 5.10 Å². The van der Waals surface area contributed by atoms with Crippen molar-refractivity contribution in [2.24, 2.45) is 5.73 Å². The van der Waals surface area contributed by atoms with Crippen LogP contribution in [0.1, 0.15) is 44.3 Å². The molecule has 0 radical (unpaired) electrons. The fourth-order valence-corrected chi connectivity index (χ4v) is 2.33. The van der Waals surface area contributed by atoms with Crippen molar-refractivity contribution in [2.45, 2.75) is 44.8 Å². The van der Waals surface area contributed by atoms with Crippen molar-refractivity contribution in [3.63, 3.8) is 0 Å². The van der Waals surface area contributed by atoms with Crippen LogP contribution in [-0.2, 0) is 4.79 Å². The van der Waals surface area contributed by atoms with Crippen molar-refractivity contribution < 1.29 is 4.79 Å². The number of carbonyl (C=O) groups excluding carboxylic acids is 1. The highest BCUT2D eigenvalue weighted by atomic mass is 16.2. The first-order valence-electron chi connectivity index (χ1n) is 6.06. The van der Waals surface area contributed by atoms with Crippen molar-refractivity contribution in [2.75, 3.05) is 7.05 Å². The third-order valence-corrected chi connectivity index (χ3v) is 3.40. The second-order valence-electron chi connectivity index (χ2n) is 5.00. The summed E-state index contributed by atoms with van der Waals surface area (Å²) in [6.45, 7) is 4.15. The summed E-state index contributed by atoms with van der Waals surface area (Å²) in [6, 6.07) is 0.288. The standard InChI is InChI=1S/C12H20N4O/c1-8(2)16-7-9(6-14-16)12-10(13)4-5-11(17)15(12)3/h6-8,10,12H,4-5,13H2,1-3H3. The van der Waals surface area contributed by atoms with Crippen LogP contribution in [0.3, 0.4) is 0 Å². The summed E-state index contributed by atoms with van der Waals surface area (Å²) >= 11 is 0. The number of hydrogen-bond donors (Lipinski definition) is 1. The summed E-state index contributed by atoms with van der Waals surface area (Å²) in [5.74, 6) is 0.161. The second kappa shape index (κ2) is 4.49. The molecular weight excluding hydrogens is 216 g/mol. The van der Waals surface area contributed by atoms with Crippen LogP contribution < -0.4 is 5.73 Å². The summed E-state index contributed by atoms with van der Waals surface area (Å²) in [6.07, 6.45) is 5.11. The van der Waals surface area contributed by atoms with Gasteiger partial charge in [0.05, 0.1) is 12.2 Å². The van der Waals surface area contributed by atoms with Crippen LogP contribution >= 0.6 is 0 Å². The SMILES string of the molecule is CC(C)n1cc(C2C(N)CCC(=O)N2C)cn1. The molecule has 5 nitrogen and oxygen atoms in total. The van der Waals surface area contributed by atoms with Crippen molar-refractivity contribution in [3.05, 3.63) is 18.0 Å². The number of nitrogens with two attached hydrogens (primary N) is 1. The summed E-state index contributed by atoms with van der Waals surface area (Å²) in [5.41, 5.74) is 7.15. The molecule has 2 rings (SSSR count). The van der Waals surface area contributed by atoms with Gasteiger partial charge in [0.25, 0.3) is 0 Å². The van der Waals surface area contributed by atoms with E-state index in [1.54, 1.807) is 4.90 Å². The molecule has 5 heteroatoms. The molecule has 2 unspecified atom stereocenters. The van der Waals surface area contributed by atoms with Crippen molar-refractivity contribution >= 4 is 5.91 Å². The van der Waals surface area contributed by atoms with Crippen molar-refractivity contribution in [1.29, 1.82) is 0 Å². The van der Waals surface area contributed by atoms with Crippen molar-refractivity contribution in [3.8, 4) is 0 Å². The van der Waals surface area contributed by atoms with Crippen LogP contribution in [-0.4, -0.2) is 33.7 Å². The normalized spacial score (nSPS) is 25.7. The Morgan fingerprint density at radius 1 is 1.53 bits per heavy atom. The van der Waals surface area contributed by atoms with Gasteiger partial charge in [-0.05, 0) is 20.3 Å². The van der Waals surface area contributed by atoms with E-state index < -0.39 is 0 Å². The van der Waals surface area contributed by atoms with E-state index >= 15 is 0 Å². The first-order valence-corrected chi connectivity index (χ1v) is 6.06. The minimum atomic E-state index is -0.0382. The fourth-order valence-electron chi connectivity index (χ4n) is 2.33. The van der Waals surface area contributed by atoms with E-state index in [0.29, 0.717) is 12.5 Å². The molecule has 1 aromatic rings. The summed E-state index contributed by atoms with van der Waals surface area (Å²) < 4.78 is 1.90. The van der Waals surface area contributed by atoms with E-state index in [1.807, 2.05) is 24.1 Å². The molecule has 1 saturated heterocycles. The molecule has 0 spiro atoms. The number of piperidine rings is 1. The Morgan fingerprint density at radius 2 is 2.24 bits per heavy atom. The van der Waals surface area contributed by atoms with E-state index in [0.717, 1.165) is 12.0 Å². The Morgan fingerprint density at radius 3 is 2.82 bits per heavy atom. The Bertz CT molecular complexity index is 412. The zero-order chi connectivity index (χ0) is 12.6.